The van der Waals surface area contributed by atoms with E-state index in [4.69, 9.17) is 5.73 Å². The van der Waals surface area contributed by atoms with E-state index in [9.17, 15) is 4.79 Å². The third-order valence-electron chi connectivity index (χ3n) is 5.24. The third kappa shape index (κ3) is 3.71. The second-order valence-electron chi connectivity index (χ2n) is 6.63. The Bertz CT molecular complexity index is 287. The minimum atomic E-state index is -0.264. The van der Waals surface area contributed by atoms with E-state index in [0.717, 1.165) is 32.4 Å². The number of unbranched alkanes of at least 4 members (excludes halogenated alkanes) is 1. The number of carbonyl (C=O) groups is 1. The fourth-order valence-corrected chi connectivity index (χ4v) is 3.79. The lowest BCUT2D eigenvalue weighted by Gasteiger charge is -2.44. The highest BCUT2D eigenvalue weighted by Crippen LogP contribution is 2.44. The van der Waals surface area contributed by atoms with Crippen molar-refractivity contribution in [1.82, 2.24) is 4.90 Å². The largest absolute Gasteiger partial charge is 0.341 e. The van der Waals surface area contributed by atoms with Gasteiger partial charge in [-0.05, 0) is 37.5 Å². The van der Waals surface area contributed by atoms with Crippen LogP contribution in [0.5, 0.6) is 0 Å². The fraction of sp³-hybridized carbons (Fsp3) is 0.938. The lowest BCUT2D eigenvalue weighted by atomic mass is 9.68. The summed E-state index contributed by atoms with van der Waals surface area (Å²) in [6, 6.07) is -0.264. The predicted octanol–water partition coefficient (Wildman–Crippen LogP) is 3.08. The monoisotopic (exact) mass is 266 g/mol. The average Bonchev–Trinajstić information content (AvgIpc) is 2.46. The van der Waals surface area contributed by atoms with Gasteiger partial charge < -0.3 is 10.6 Å². The Morgan fingerprint density at radius 1 is 1.16 bits per heavy atom. The molecule has 3 heteroatoms. The zero-order valence-electron chi connectivity index (χ0n) is 12.5. The topological polar surface area (TPSA) is 46.3 Å². The molecule has 3 nitrogen and oxygen atoms in total. The molecule has 0 aromatic rings. The van der Waals surface area contributed by atoms with Gasteiger partial charge >= 0.3 is 0 Å². The Morgan fingerprint density at radius 3 is 2.37 bits per heavy atom. The molecule has 1 aliphatic heterocycles. The van der Waals surface area contributed by atoms with Crippen LogP contribution in [0.2, 0.25) is 0 Å². The molecule has 0 radical (unpaired) electrons. The maximum atomic E-state index is 12.3. The quantitative estimate of drug-likeness (QED) is 0.850. The van der Waals surface area contributed by atoms with Crippen LogP contribution in [0.15, 0.2) is 0 Å². The molecule has 110 valence electrons. The molecule has 1 saturated heterocycles. The third-order valence-corrected chi connectivity index (χ3v) is 5.24. The Balaban J connectivity index is 1.80. The highest BCUT2D eigenvalue weighted by molar-refractivity contribution is 5.81. The molecule has 1 aliphatic carbocycles. The Hall–Kier alpha value is -0.570. The minimum absolute atomic E-state index is 0.194. The first-order valence-corrected chi connectivity index (χ1v) is 8.21. The Morgan fingerprint density at radius 2 is 1.79 bits per heavy atom. The van der Waals surface area contributed by atoms with Crippen molar-refractivity contribution in [3.8, 4) is 0 Å². The van der Waals surface area contributed by atoms with E-state index >= 15 is 0 Å². The fourth-order valence-electron chi connectivity index (χ4n) is 3.79. The maximum Gasteiger partial charge on any atom is 0.239 e. The molecule has 2 aliphatic rings. The van der Waals surface area contributed by atoms with E-state index in [2.05, 4.69) is 6.92 Å². The summed E-state index contributed by atoms with van der Waals surface area (Å²) in [6.45, 7) is 4.03. The Labute approximate surface area is 117 Å². The highest BCUT2D eigenvalue weighted by atomic mass is 16.2. The Kier molecular flexibility index (Phi) is 5.26. The number of amides is 1. The van der Waals surface area contributed by atoms with E-state index in [0.29, 0.717) is 5.41 Å². The van der Waals surface area contributed by atoms with Crippen LogP contribution < -0.4 is 5.73 Å². The van der Waals surface area contributed by atoms with E-state index in [-0.39, 0.29) is 11.9 Å². The molecule has 1 heterocycles. The lowest BCUT2D eigenvalue weighted by molar-refractivity contribution is -0.135. The minimum Gasteiger partial charge on any atom is -0.341 e. The molecule has 2 N–H and O–H groups in total. The summed E-state index contributed by atoms with van der Waals surface area (Å²) in [5.74, 6) is 0.194. The first-order chi connectivity index (χ1) is 9.17. The van der Waals surface area contributed by atoms with Gasteiger partial charge in [0.2, 0.25) is 5.91 Å². The second kappa shape index (κ2) is 6.74. The number of hydrogen-bond donors (Lipinski definition) is 1. The number of rotatable bonds is 4. The van der Waals surface area contributed by atoms with Crippen molar-refractivity contribution in [2.45, 2.75) is 77.2 Å². The molecule has 1 unspecified atom stereocenters. The summed E-state index contributed by atoms with van der Waals surface area (Å²) >= 11 is 0. The summed E-state index contributed by atoms with van der Waals surface area (Å²) in [6.07, 6.45) is 12.4. The van der Waals surface area contributed by atoms with Crippen LogP contribution in [0.25, 0.3) is 0 Å². The van der Waals surface area contributed by atoms with E-state index in [1.807, 2.05) is 4.90 Å². The van der Waals surface area contributed by atoms with Crippen LogP contribution in [-0.2, 0) is 4.79 Å². The van der Waals surface area contributed by atoms with Crippen LogP contribution >= 0.6 is 0 Å². The number of nitrogens with two attached hydrogens (primary N) is 1. The van der Waals surface area contributed by atoms with Gasteiger partial charge in [0.1, 0.15) is 0 Å². The SMILES string of the molecule is CCCCC(N)C(=O)N1CCC2(CCCCC2)CC1. The number of likely N-dealkylation sites (tertiary alicyclic amines) is 1. The van der Waals surface area contributed by atoms with Crippen molar-refractivity contribution in [3.63, 3.8) is 0 Å². The molecule has 2 fully saturated rings. The van der Waals surface area contributed by atoms with Crippen molar-refractivity contribution < 1.29 is 4.79 Å². The molecule has 0 bridgehead atoms. The maximum absolute atomic E-state index is 12.3. The number of piperidine rings is 1. The normalized spacial score (nSPS) is 24.4. The van der Waals surface area contributed by atoms with Gasteiger partial charge in [-0.25, -0.2) is 0 Å². The van der Waals surface area contributed by atoms with Crippen LogP contribution in [0.4, 0.5) is 0 Å². The van der Waals surface area contributed by atoms with Crippen LogP contribution in [0.1, 0.15) is 71.1 Å². The summed E-state index contributed by atoms with van der Waals surface area (Å²) in [5, 5.41) is 0. The van der Waals surface area contributed by atoms with Crippen LogP contribution in [-0.4, -0.2) is 29.9 Å². The van der Waals surface area contributed by atoms with Gasteiger partial charge in [-0.1, -0.05) is 39.0 Å². The first-order valence-electron chi connectivity index (χ1n) is 8.21. The molecule has 2 rings (SSSR count). The lowest BCUT2D eigenvalue weighted by Crippen LogP contribution is -2.49. The predicted molar refractivity (Wildman–Crippen MR) is 78.8 cm³/mol. The zero-order chi connectivity index (χ0) is 13.7. The standard InChI is InChI=1S/C16H30N2O/c1-2-3-7-14(17)15(19)18-12-10-16(11-13-18)8-5-4-6-9-16/h14H,2-13,17H2,1H3. The van der Waals surface area contributed by atoms with E-state index < -0.39 is 0 Å². The molecule has 1 saturated carbocycles. The zero-order valence-corrected chi connectivity index (χ0v) is 12.5. The molecule has 1 atom stereocenters. The highest BCUT2D eigenvalue weighted by Gasteiger charge is 2.37. The van der Waals surface area contributed by atoms with Gasteiger partial charge in [0.05, 0.1) is 6.04 Å². The van der Waals surface area contributed by atoms with Crippen molar-refractivity contribution in [3.05, 3.63) is 0 Å². The van der Waals surface area contributed by atoms with Gasteiger partial charge in [-0.2, -0.15) is 0 Å². The summed E-state index contributed by atoms with van der Waals surface area (Å²) in [7, 11) is 0. The van der Waals surface area contributed by atoms with Crippen LogP contribution in [0.3, 0.4) is 0 Å². The molecule has 1 spiro atoms. The molecule has 0 aromatic carbocycles. The molecule has 0 aromatic heterocycles. The number of carbonyl (C=O) groups excluding carboxylic acids is 1. The summed E-state index contributed by atoms with van der Waals surface area (Å²) in [5.41, 5.74) is 6.58. The molecule has 1 amide bonds. The van der Waals surface area contributed by atoms with Gasteiger partial charge in [0.15, 0.2) is 0 Å². The molecular formula is C16H30N2O. The first kappa shape index (κ1) is 14.8. The molecule has 19 heavy (non-hydrogen) atoms. The van der Waals surface area contributed by atoms with Gasteiger partial charge in [0.25, 0.3) is 0 Å². The average molecular weight is 266 g/mol. The summed E-state index contributed by atoms with van der Waals surface area (Å²) < 4.78 is 0. The number of nitrogens with zero attached hydrogens (tertiary/aromatic N) is 1. The number of hydrogen-bond acceptors (Lipinski definition) is 2. The van der Waals surface area contributed by atoms with Crippen molar-refractivity contribution in [2.75, 3.05) is 13.1 Å². The summed E-state index contributed by atoms with van der Waals surface area (Å²) in [4.78, 5) is 14.3. The van der Waals surface area contributed by atoms with Crippen molar-refractivity contribution in [2.24, 2.45) is 11.1 Å². The smallest absolute Gasteiger partial charge is 0.239 e. The van der Waals surface area contributed by atoms with Crippen molar-refractivity contribution >= 4 is 5.91 Å². The van der Waals surface area contributed by atoms with E-state index in [1.165, 1.54) is 44.9 Å². The van der Waals surface area contributed by atoms with Gasteiger partial charge in [0, 0.05) is 13.1 Å². The second-order valence-corrected chi connectivity index (χ2v) is 6.63. The van der Waals surface area contributed by atoms with Crippen LogP contribution in [0, 0.1) is 5.41 Å². The van der Waals surface area contributed by atoms with Gasteiger partial charge in [-0.3, -0.25) is 4.79 Å². The molecular weight excluding hydrogens is 236 g/mol. The van der Waals surface area contributed by atoms with Crippen molar-refractivity contribution in [1.29, 1.82) is 0 Å². The van der Waals surface area contributed by atoms with E-state index in [1.54, 1.807) is 0 Å². The van der Waals surface area contributed by atoms with Gasteiger partial charge in [-0.15, -0.1) is 0 Å².